The molecule has 8 fully saturated rings. The highest BCUT2D eigenvalue weighted by molar-refractivity contribution is 5.69. The summed E-state index contributed by atoms with van der Waals surface area (Å²) in [7, 11) is 1.31. The van der Waals surface area contributed by atoms with E-state index in [9.17, 15) is 24.0 Å². The quantitative estimate of drug-likeness (QED) is 0.335. The first-order chi connectivity index (χ1) is 19.2. The summed E-state index contributed by atoms with van der Waals surface area (Å²) in [6.45, 7) is 0.646. The fourth-order valence-electron chi connectivity index (χ4n) is 8.56. The Hall–Kier alpha value is -2.73. The lowest BCUT2D eigenvalue weighted by Gasteiger charge is -2.47. The number of nitrogens with zero attached hydrogens (tertiary/aromatic N) is 3. The van der Waals surface area contributed by atoms with E-state index in [1.54, 1.807) is 0 Å². The van der Waals surface area contributed by atoms with Crippen molar-refractivity contribution in [1.82, 2.24) is 13.7 Å². The minimum Gasteiger partial charge on any atom is -0.465 e. The van der Waals surface area contributed by atoms with E-state index in [-0.39, 0.29) is 73.7 Å². The van der Waals surface area contributed by atoms with Gasteiger partial charge in [-0.2, -0.15) is 0 Å². The Morgan fingerprint density at radius 2 is 1.18 bits per heavy atom. The Bertz CT molecular complexity index is 1300. The maximum Gasteiger partial charge on any atom is 0.336 e. The standard InChI is InChI=1S/C28H37N3O9/c1-29-24(34)30(6-2-4-22(32)37-14-18-8-16-10-27(18)12-20(16)39-27)26(36)31(25(29)35)7-3-5-23(33)38-15-19-9-17-11-28(19)13-21(17)40-28/h16-21H,2-15H2,1H3. The van der Waals surface area contributed by atoms with Gasteiger partial charge in [-0.05, 0) is 50.4 Å². The van der Waals surface area contributed by atoms with Crippen LogP contribution in [0, 0.1) is 23.7 Å². The van der Waals surface area contributed by atoms with Gasteiger partial charge in [-0.15, -0.1) is 0 Å². The molecule has 5 heterocycles. The van der Waals surface area contributed by atoms with Gasteiger partial charge in [0.15, 0.2) is 0 Å². The lowest BCUT2D eigenvalue weighted by atomic mass is 9.79. The molecule has 12 nitrogen and oxygen atoms in total. The predicted molar refractivity (Wildman–Crippen MR) is 137 cm³/mol. The molecule has 0 aromatic carbocycles. The smallest absolute Gasteiger partial charge is 0.336 e. The molecule has 6 bridgehead atoms. The summed E-state index contributed by atoms with van der Waals surface area (Å²) >= 11 is 0. The number of rotatable bonds is 12. The highest BCUT2D eigenvalue weighted by Crippen LogP contribution is 2.64. The second-order valence-corrected chi connectivity index (χ2v) is 12.9. The number of carbonyl (C=O) groups is 2. The molecular weight excluding hydrogens is 522 g/mol. The number of carbonyl (C=O) groups excluding carboxylic acids is 2. The summed E-state index contributed by atoms with van der Waals surface area (Å²) in [4.78, 5) is 62.9. The van der Waals surface area contributed by atoms with Crippen molar-refractivity contribution in [3.8, 4) is 0 Å². The van der Waals surface area contributed by atoms with Crippen LogP contribution in [0.4, 0.5) is 0 Å². The highest BCUT2D eigenvalue weighted by Gasteiger charge is 2.68. The second kappa shape index (κ2) is 9.40. The molecular formula is C28H37N3O9. The fourth-order valence-corrected chi connectivity index (χ4v) is 8.56. The van der Waals surface area contributed by atoms with Gasteiger partial charge in [0.05, 0.1) is 36.6 Å². The van der Waals surface area contributed by atoms with Gasteiger partial charge in [-0.3, -0.25) is 9.59 Å². The third-order valence-electron chi connectivity index (χ3n) is 10.7. The summed E-state index contributed by atoms with van der Waals surface area (Å²) in [5, 5.41) is 0. The van der Waals surface area contributed by atoms with E-state index in [1.807, 2.05) is 0 Å². The Morgan fingerprint density at radius 1 is 0.750 bits per heavy atom. The Morgan fingerprint density at radius 3 is 1.52 bits per heavy atom. The van der Waals surface area contributed by atoms with Crippen LogP contribution in [0.1, 0.15) is 64.2 Å². The summed E-state index contributed by atoms with van der Waals surface area (Å²) in [6.07, 6.45) is 7.74. The highest BCUT2D eigenvalue weighted by atomic mass is 16.6. The van der Waals surface area contributed by atoms with Crippen LogP contribution in [0.25, 0.3) is 0 Å². The van der Waals surface area contributed by atoms with E-state index in [0.717, 1.165) is 52.2 Å². The minimum atomic E-state index is -0.745. The zero-order valence-electron chi connectivity index (χ0n) is 22.9. The van der Waals surface area contributed by atoms with Crippen LogP contribution in [0.15, 0.2) is 14.4 Å². The van der Waals surface area contributed by atoms with Crippen LogP contribution in [-0.2, 0) is 48.7 Å². The molecule has 0 amide bonds. The summed E-state index contributed by atoms with van der Waals surface area (Å²) < 4.78 is 25.7. The second-order valence-electron chi connectivity index (χ2n) is 12.9. The van der Waals surface area contributed by atoms with Crippen molar-refractivity contribution in [2.45, 2.75) is 101 Å². The molecule has 4 aliphatic heterocycles. The van der Waals surface area contributed by atoms with Crippen molar-refractivity contribution >= 4 is 11.9 Å². The van der Waals surface area contributed by atoms with Gasteiger partial charge in [-0.25, -0.2) is 28.1 Å². The van der Waals surface area contributed by atoms with Crippen molar-refractivity contribution in [3.05, 3.63) is 31.5 Å². The van der Waals surface area contributed by atoms with Crippen LogP contribution < -0.4 is 17.1 Å². The molecule has 4 saturated heterocycles. The average Bonchev–Trinajstić information content (AvgIpc) is 3.73. The van der Waals surface area contributed by atoms with Crippen LogP contribution in [0.3, 0.4) is 0 Å². The zero-order chi connectivity index (χ0) is 27.8. The average molecular weight is 560 g/mol. The molecule has 4 saturated carbocycles. The van der Waals surface area contributed by atoms with E-state index < -0.39 is 17.1 Å². The van der Waals surface area contributed by atoms with Gasteiger partial charge >= 0.3 is 29.0 Å². The Kier molecular flexibility index (Phi) is 6.16. The molecule has 8 unspecified atom stereocenters. The third kappa shape index (κ3) is 4.04. The molecule has 40 heavy (non-hydrogen) atoms. The Balaban J connectivity index is 0.879. The lowest BCUT2D eigenvalue weighted by Crippen LogP contribution is -2.53. The molecule has 8 aliphatic rings. The monoisotopic (exact) mass is 559 g/mol. The van der Waals surface area contributed by atoms with E-state index in [1.165, 1.54) is 7.05 Å². The van der Waals surface area contributed by atoms with Crippen LogP contribution in [0.5, 0.6) is 0 Å². The minimum absolute atomic E-state index is 0.0176. The molecule has 2 spiro atoms. The first-order valence-electron chi connectivity index (χ1n) is 14.8. The zero-order valence-corrected chi connectivity index (χ0v) is 22.9. The normalized spacial score (nSPS) is 37.3. The first-order valence-corrected chi connectivity index (χ1v) is 14.8. The largest absolute Gasteiger partial charge is 0.465 e. The Labute approximate surface area is 230 Å². The predicted octanol–water partition coefficient (Wildman–Crippen LogP) is 0.491. The summed E-state index contributed by atoms with van der Waals surface area (Å²) in [5.41, 5.74) is -2.37. The topological polar surface area (TPSA) is 137 Å². The first kappa shape index (κ1) is 26.2. The van der Waals surface area contributed by atoms with Crippen molar-refractivity contribution in [1.29, 1.82) is 0 Å². The SMILES string of the molecule is Cn1c(=O)n(CCCC(=O)OCC2CC3CC24CC3O4)c(=O)n(CCCC(=O)OCC2CC3CC24CC3O4)c1=O. The molecule has 1 aromatic rings. The summed E-state index contributed by atoms with van der Waals surface area (Å²) in [5.74, 6) is 0.945. The number of hydrogen-bond donors (Lipinski definition) is 0. The van der Waals surface area contributed by atoms with Gasteiger partial charge in [0, 0.05) is 57.7 Å². The molecule has 8 atom stereocenters. The van der Waals surface area contributed by atoms with E-state index in [2.05, 4.69) is 0 Å². The fraction of sp³-hybridized carbons (Fsp3) is 0.821. The van der Waals surface area contributed by atoms with E-state index in [4.69, 9.17) is 18.9 Å². The molecule has 12 heteroatoms. The molecule has 4 aliphatic carbocycles. The third-order valence-corrected chi connectivity index (χ3v) is 10.7. The molecule has 218 valence electrons. The van der Waals surface area contributed by atoms with E-state index in [0.29, 0.717) is 37.3 Å². The van der Waals surface area contributed by atoms with Crippen molar-refractivity contribution < 1.29 is 28.5 Å². The number of esters is 2. The number of aromatic nitrogens is 3. The van der Waals surface area contributed by atoms with Gasteiger partial charge in [0.2, 0.25) is 0 Å². The van der Waals surface area contributed by atoms with Crippen molar-refractivity contribution in [2.24, 2.45) is 30.7 Å². The molecule has 0 N–H and O–H groups in total. The maximum atomic E-state index is 13.0. The van der Waals surface area contributed by atoms with E-state index >= 15 is 0 Å². The molecule has 1 aromatic heterocycles. The van der Waals surface area contributed by atoms with Crippen molar-refractivity contribution in [2.75, 3.05) is 13.2 Å². The van der Waals surface area contributed by atoms with Crippen LogP contribution in [0.2, 0.25) is 0 Å². The number of hydrogen-bond acceptors (Lipinski definition) is 9. The maximum absolute atomic E-state index is 13.0. The molecule has 0 radical (unpaired) electrons. The summed E-state index contributed by atoms with van der Waals surface area (Å²) in [6, 6.07) is 0. The van der Waals surface area contributed by atoms with Gasteiger partial charge < -0.3 is 18.9 Å². The lowest BCUT2D eigenvalue weighted by molar-refractivity contribution is -0.218. The van der Waals surface area contributed by atoms with Crippen LogP contribution in [-0.4, -0.2) is 62.3 Å². The van der Waals surface area contributed by atoms with Crippen LogP contribution >= 0.6 is 0 Å². The van der Waals surface area contributed by atoms with Gasteiger partial charge in [0.25, 0.3) is 0 Å². The molecule has 9 rings (SSSR count). The van der Waals surface area contributed by atoms with Crippen molar-refractivity contribution in [3.63, 3.8) is 0 Å². The van der Waals surface area contributed by atoms with Gasteiger partial charge in [0.1, 0.15) is 0 Å². The van der Waals surface area contributed by atoms with Gasteiger partial charge in [-0.1, -0.05) is 0 Å². The number of ether oxygens (including phenoxy) is 4.